The average molecular weight is 393 g/mol. The first kappa shape index (κ1) is 19.0. The number of aromatic nitrogens is 2. The number of nitrogens with zero attached hydrogens (tertiary/aromatic N) is 2. The SMILES string of the molecule is CCn1c(SCC(=O)Nc2ccc(F)c(F)c2F)nc2ccccc2c1=O. The summed E-state index contributed by atoms with van der Waals surface area (Å²) in [6.45, 7) is 2.14. The summed E-state index contributed by atoms with van der Waals surface area (Å²) >= 11 is 0.991. The summed E-state index contributed by atoms with van der Waals surface area (Å²) in [5.74, 6) is -5.30. The van der Waals surface area contributed by atoms with Crippen molar-refractivity contribution in [2.75, 3.05) is 11.1 Å². The molecule has 5 nitrogen and oxygen atoms in total. The average Bonchev–Trinajstić information content (AvgIpc) is 2.67. The van der Waals surface area contributed by atoms with Gasteiger partial charge in [-0.2, -0.15) is 0 Å². The van der Waals surface area contributed by atoms with Gasteiger partial charge in [0.1, 0.15) is 0 Å². The van der Waals surface area contributed by atoms with Gasteiger partial charge in [-0.15, -0.1) is 0 Å². The molecule has 0 saturated carbocycles. The van der Waals surface area contributed by atoms with E-state index in [0.717, 1.165) is 23.9 Å². The highest BCUT2D eigenvalue weighted by molar-refractivity contribution is 7.99. The Morgan fingerprint density at radius 2 is 1.89 bits per heavy atom. The van der Waals surface area contributed by atoms with Crippen molar-refractivity contribution in [3.63, 3.8) is 0 Å². The number of rotatable bonds is 5. The van der Waals surface area contributed by atoms with E-state index >= 15 is 0 Å². The van der Waals surface area contributed by atoms with Gasteiger partial charge in [0.15, 0.2) is 22.6 Å². The largest absolute Gasteiger partial charge is 0.323 e. The van der Waals surface area contributed by atoms with Crippen LogP contribution in [-0.2, 0) is 11.3 Å². The summed E-state index contributed by atoms with van der Waals surface area (Å²) in [6.07, 6.45) is 0. The Kier molecular flexibility index (Phi) is 5.50. The molecule has 0 saturated heterocycles. The van der Waals surface area contributed by atoms with Crippen LogP contribution in [0.3, 0.4) is 0 Å². The smallest absolute Gasteiger partial charge is 0.262 e. The molecule has 0 aliphatic carbocycles. The van der Waals surface area contributed by atoms with Crippen LogP contribution in [0.2, 0.25) is 0 Å². The van der Waals surface area contributed by atoms with Gasteiger partial charge in [-0.25, -0.2) is 18.2 Å². The van der Waals surface area contributed by atoms with Crippen LogP contribution in [0.25, 0.3) is 10.9 Å². The van der Waals surface area contributed by atoms with E-state index in [1.54, 1.807) is 31.2 Å². The summed E-state index contributed by atoms with van der Waals surface area (Å²) in [4.78, 5) is 29.0. The molecule has 3 rings (SSSR count). The van der Waals surface area contributed by atoms with Gasteiger partial charge in [0, 0.05) is 6.54 Å². The number of carbonyl (C=O) groups excluding carboxylic acids is 1. The molecular weight excluding hydrogens is 379 g/mol. The van der Waals surface area contributed by atoms with Crippen LogP contribution in [0.1, 0.15) is 6.92 Å². The number of nitrogens with one attached hydrogen (secondary N) is 1. The van der Waals surface area contributed by atoms with Crippen LogP contribution < -0.4 is 10.9 Å². The van der Waals surface area contributed by atoms with Gasteiger partial charge in [-0.3, -0.25) is 14.2 Å². The predicted molar refractivity (Wildman–Crippen MR) is 97.3 cm³/mol. The van der Waals surface area contributed by atoms with Crippen LogP contribution in [0.5, 0.6) is 0 Å². The zero-order valence-electron chi connectivity index (χ0n) is 14.1. The van der Waals surface area contributed by atoms with Gasteiger partial charge in [-0.1, -0.05) is 23.9 Å². The standard InChI is InChI=1S/C18H14F3N3O2S/c1-2-24-17(26)10-5-3-4-6-12(10)23-18(24)27-9-14(25)22-13-8-7-11(19)15(20)16(13)21/h3-8H,2,9H2,1H3,(H,22,25). The van der Waals surface area contributed by atoms with Gasteiger partial charge in [0.25, 0.3) is 5.56 Å². The summed E-state index contributed by atoms with van der Waals surface area (Å²) in [5.41, 5.74) is -0.182. The number of fused-ring (bicyclic) bond motifs is 1. The molecule has 0 aliphatic rings. The third kappa shape index (κ3) is 3.82. The first-order valence-electron chi connectivity index (χ1n) is 7.98. The minimum Gasteiger partial charge on any atom is -0.323 e. The quantitative estimate of drug-likeness (QED) is 0.409. The number of para-hydroxylation sites is 1. The van der Waals surface area contributed by atoms with Gasteiger partial charge in [0.2, 0.25) is 5.91 Å². The van der Waals surface area contributed by atoms with Crippen molar-refractivity contribution in [3.05, 3.63) is 64.2 Å². The lowest BCUT2D eigenvalue weighted by Gasteiger charge is -2.11. The minimum absolute atomic E-state index is 0.191. The summed E-state index contributed by atoms with van der Waals surface area (Å²) in [5, 5.41) is 2.99. The lowest BCUT2D eigenvalue weighted by atomic mass is 10.2. The third-order valence-corrected chi connectivity index (χ3v) is 4.76. The molecule has 1 N–H and O–H groups in total. The van der Waals surface area contributed by atoms with E-state index in [1.807, 2.05) is 0 Å². The molecule has 0 radical (unpaired) electrons. The molecule has 0 fully saturated rings. The van der Waals surface area contributed by atoms with Gasteiger partial charge >= 0.3 is 0 Å². The highest BCUT2D eigenvalue weighted by Crippen LogP contribution is 2.21. The molecule has 27 heavy (non-hydrogen) atoms. The molecule has 1 aromatic heterocycles. The van der Waals surface area contributed by atoms with Crippen LogP contribution >= 0.6 is 11.8 Å². The topological polar surface area (TPSA) is 64.0 Å². The molecule has 0 spiro atoms. The number of hydrogen-bond donors (Lipinski definition) is 1. The summed E-state index contributed by atoms with van der Waals surface area (Å²) < 4.78 is 41.2. The second-order valence-corrected chi connectivity index (χ2v) is 6.46. The molecule has 0 bridgehead atoms. The third-order valence-electron chi connectivity index (χ3n) is 3.78. The molecule has 140 valence electrons. The fraction of sp³-hybridized carbons (Fsp3) is 0.167. The van der Waals surface area contributed by atoms with Crippen molar-refractivity contribution >= 4 is 34.3 Å². The summed E-state index contributed by atoms with van der Waals surface area (Å²) in [7, 11) is 0. The number of anilines is 1. The Morgan fingerprint density at radius 3 is 2.63 bits per heavy atom. The molecule has 1 amide bonds. The fourth-order valence-electron chi connectivity index (χ4n) is 2.48. The zero-order chi connectivity index (χ0) is 19.6. The number of thioether (sulfide) groups is 1. The number of halogens is 3. The second-order valence-electron chi connectivity index (χ2n) is 5.52. The Labute approximate surface area is 156 Å². The molecule has 0 atom stereocenters. The van der Waals surface area contributed by atoms with Gasteiger partial charge in [-0.05, 0) is 31.2 Å². The first-order valence-corrected chi connectivity index (χ1v) is 8.96. The van der Waals surface area contributed by atoms with E-state index in [4.69, 9.17) is 0 Å². The number of amides is 1. The van der Waals surface area contributed by atoms with Crippen molar-refractivity contribution in [1.82, 2.24) is 9.55 Å². The number of benzene rings is 2. The van der Waals surface area contributed by atoms with Gasteiger partial charge < -0.3 is 5.32 Å². The van der Waals surface area contributed by atoms with E-state index < -0.39 is 29.0 Å². The van der Waals surface area contributed by atoms with E-state index in [9.17, 15) is 22.8 Å². The Hall–Kier alpha value is -2.81. The molecule has 0 aliphatic heterocycles. The minimum atomic E-state index is -1.66. The zero-order valence-corrected chi connectivity index (χ0v) is 14.9. The highest BCUT2D eigenvalue weighted by Gasteiger charge is 2.16. The van der Waals surface area contributed by atoms with Crippen molar-refractivity contribution < 1.29 is 18.0 Å². The lowest BCUT2D eigenvalue weighted by molar-refractivity contribution is -0.113. The Balaban J connectivity index is 1.79. The van der Waals surface area contributed by atoms with E-state index in [1.165, 1.54) is 4.57 Å². The maximum atomic E-state index is 13.6. The predicted octanol–water partition coefficient (Wildman–Crippen LogP) is 3.56. The number of carbonyl (C=O) groups is 1. The maximum Gasteiger partial charge on any atom is 0.262 e. The van der Waals surface area contributed by atoms with Crippen molar-refractivity contribution in [3.8, 4) is 0 Å². The monoisotopic (exact) mass is 393 g/mol. The van der Waals surface area contributed by atoms with E-state index in [2.05, 4.69) is 10.3 Å². The summed E-state index contributed by atoms with van der Waals surface area (Å²) in [6, 6.07) is 8.51. The van der Waals surface area contributed by atoms with E-state index in [0.29, 0.717) is 22.6 Å². The van der Waals surface area contributed by atoms with Crippen molar-refractivity contribution in [2.45, 2.75) is 18.6 Å². The molecule has 1 heterocycles. The maximum absolute atomic E-state index is 13.6. The van der Waals surface area contributed by atoms with Crippen LogP contribution in [0, 0.1) is 17.5 Å². The number of hydrogen-bond acceptors (Lipinski definition) is 4. The van der Waals surface area contributed by atoms with Crippen LogP contribution in [0.4, 0.5) is 18.9 Å². The van der Waals surface area contributed by atoms with Crippen molar-refractivity contribution in [2.24, 2.45) is 0 Å². The molecule has 0 unspecified atom stereocenters. The van der Waals surface area contributed by atoms with E-state index in [-0.39, 0.29) is 11.3 Å². The fourth-order valence-corrected chi connectivity index (χ4v) is 3.34. The van der Waals surface area contributed by atoms with Crippen LogP contribution in [-0.4, -0.2) is 21.2 Å². The highest BCUT2D eigenvalue weighted by atomic mass is 32.2. The van der Waals surface area contributed by atoms with Crippen LogP contribution in [0.15, 0.2) is 46.3 Å². The van der Waals surface area contributed by atoms with Gasteiger partial charge in [0.05, 0.1) is 22.3 Å². The Morgan fingerprint density at radius 1 is 1.15 bits per heavy atom. The first-order chi connectivity index (χ1) is 12.9. The normalized spacial score (nSPS) is 11.0. The Bertz CT molecular complexity index is 1090. The molecule has 9 heteroatoms. The molecule has 2 aromatic carbocycles. The van der Waals surface area contributed by atoms with Crippen molar-refractivity contribution in [1.29, 1.82) is 0 Å². The second kappa shape index (κ2) is 7.83. The molecular formula is C18H14F3N3O2S. The lowest BCUT2D eigenvalue weighted by Crippen LogP contribution is -2.23. The molecule has 3 aromatic rings.